The lowest BCUT2D eigenvalue weighted by Gasteiger charge is -2.04. The van der Waals surface area contributed by atoms with Gasteiger partial charge in [-0.05, 0) is 25.1 Å². The van der Waals surface area contributed by atoms with Crippen LogP contribution in [0.3, 0.4) is 0 Å². The number of nitrogens with zero attached hydrogens (tertiary/aromatic N) is 2. The zero-order valence-electron chi connectivity index (χ0n) is 10.8. The predicted octanol–water partition coefficient (Wildman–Crippen LogP) is 3.43. The highest BCUT2D eigenvalue weighted by atomic mass is 32.1. The van der Waals surface area contributed by atoms with Crippen molar-refractivity contribution >= 4 is 22.4 Å². The minimum absolute atomic E-state index is 0.101. The molecular weight excluding hydrogens is 305 g/mol. The standard InChI is InChI=1S/C13H9F3N2O2S/c1-7-6-21-12(19)18(7)5-11-17-9-4-8(13(14,15)16)2-3-10(9)20-11/h2-4,6H,5H2,1H3. The summed E-state index contributed by atoms with van der Waals surface area (Å²) in [6.45, 7) is 1.87. The van der Waals surface area contributed by atoms with Crippen LogP contribution in [0, 0.1) is 6.92 Å². The second kappa shape index (κ2) is 4.73. The molecule has 0 atom stereocenters. The largest absolute Gasteiger partial charge is 0.439 e. The van der Waals surface area contributed by atoms with Crippen LogP contribution in [0.25, 0.3) is 11.1 Å². The Morgan fingerprint density at radius 2 is 2.14 bits per heavy atom. The highest BCUT2D eigenvalue weighted by Gasteiger charge is 2.31. The van der Waals surface area contributed by atoms with Crippen LogP contribution in [-0.4, -0.2) is 9.55 Å². The molecule has 4 nitrogen and oxygen atoms in total. The molecule has 0 aliphatic carbocycles. The van der Waals surface area contributed by atoms with Crippen LogP contribution in [0.5, 0.6) is 0 Å². The van der Waals surface area contributed by atoms with Crippen molar-refractivity contribution in [3.8, 4) is 0 Å². The Morgan fingerprint density at radius 1 is 1.38 bits per heavy atom. The van der Waals surface area contributed by atoms with E-state index in [0.717, 1.165) is 29.2 Å². The van der Waals surface area contributed by atoms with Gasteiger partial charge in [0.1, 0.15) is 12.1 Å². The Kier molecular flexibility index (Phi) is 3.12. The summed E-state index contributed by atoms with van der Waals surface area (Å²) in [5.74, 6) is 0.202. The van der Waals surface area contributed by atoms with Gasteiger partial charge in [-0.25, -0.2) is 4.98 Å². The summed E-state index contributed by atoms with van der Waals surface area (Å²) >= 11 is 1.05. The van der Waals surface area contributed by atoms with Gasteiger partial charge in [-0.2, -0.15) is 13.2 Å². The minimum atomic E-state index is -4.42. The predicted molar refractivity (Wildman–Crippen MR) is 71.4 cm³/mol. The number of aromatic nitrogens is 2. The van der Waals surface area contributed by atoms with Crippen LogP contribution < -0.4 is 4.87 Å². The number of alkyl halides is 3. The second-order valence-corrected chi connectivity index (χ2v) is 5.34. The van der Waals surface area contributed by atoms with Gasteiger partial charge in [0, 0.05) is 11.1 Å². The van der Waals surface area contributed by atoms with E-state index < -0.39 is 11.7 Å². The maximum Gasteiger partial charge on any atom is 0.416 e. The highest BCUT2D eigenvalue weighted by Crippen LogP contribution is 2.31. The van der Waals surface area contributed by atoms with Crippen molar-refractivity contribution in [2.45, 2.75) is 19.6 Å². The molecule has 0 amide bonds. The lowest BCUT2D eigenvalue weighted by atomic mass is 10.2. The zero-order chi connectivity index (χ0) is 15.2. The Labute approximate surface area is 120 Å². The van der Waals surface area contributed by atoms with Crippen LogP contribution in [0.15, 0.2) is 32.8 Å². The van der Waals surface area contributed by atoms with Gasteiger partial charge < -0.3 is 4.42 Å². The molecule has 0 unspecified atom stereocenters. The van der Waals surface area contributed by atoms with Gasteiger partial charge >= 0.3 is 11.0 Å². The summed E-state index contributed by atoms with van der Waals surface area (Å²) in [6.07, 6.45) is -4.42. The fraction of sp³-hybridized carbons (Fsp3) is 0.231. The third-order valence-electron chi connectivity index (χ3n) is 3.03. The first kappa shape index (κ1) is 13.9. The fourth-order valence-corrected chi connectivity index (χ4v) is 2.68. The summed E-state index contributed by atoms with van der Waals surface area (Å²) in [4.78, 5) is 15.5. The molecule has 0 saturated carbocycles. The Hall–Kier alpha value is -2.09. The van der Waals surface area contributed by atoms with E-state index in [1.54, 1.807) is 12.3 Å². The quantitative estimate of drug-likeness (QED) is 0.728. The first-order valence-electron chi connectivity index (χ1n) is 5.96. The SMILES string of the molecule is Cc1csc(=O)n1Cc1nc2cc(C(F)(F)F)ccc2o1. The molecule has 0 fully saturated rings. The average Bonchev–Trinajstić information content (AvgIpc) is 2.94. The maximum absolute atomic E-state index is 12.6. The maximum atomic E-state index is 12.6. The van der Waals surface area contributed by atoms with E-state index in [2.05, 4.69) is 4.98 Å². The van der Waals surface area contributed by atoms with Gasteiger partial charge in [0.15, 0.2) is 5.58 Å². The van der Waals surface area contributed by atoms with Crippen molar-refractivity contribution in [2.75, 3.05) is 0 Å². The molecule has 21 heavy (non-hydrogen) atoms. The summed E-state index contributed by atoms with van der Waals surface area (Å²) in [5.41, 5.74) is 0.363. The number of thiazole rings is 1. The Balaban J connectivity index is 2.00. The molecule has 0 radical (unpaired) electrons. The van der Waals surface area contributed by atoms with Gasteiger partial charge in [0.05, 0.1) is 5.56 Å². The summed E-state index contributed by atoms with van der Waals surface area (Å²) in [7, 11) is 0. The number of benzene rings is 1. The number of rotatable bonds is 2. The molecule has 2 heterocycles. The summed E-state index contributed by atoms with van der Waals surface area (Å²) < 4.78 is 44.7. The molecule has 0 N–H and O–H groups in total. The van der Waals surface area contributed by atoms with E-state index in [1.807, 2.05) is 0 Å². The van der Waals surface area contributed by atoms with E-state index in [-0.39, 0.29) is 28.4 Å². The van der Waals surface area contributed by atoms with E-state index >= 15 is 0 Å². The number of hydrogen-bond donors (Lipinski definition) is 0. The number of aryl methyl sites for hydroxylation is 1. The number of oxazole rings is 1. The molecule has 3 aromatic rings. The smallest absolute Gasteiger partial charge is 0.416 e. The summed E-state index contributed by atoms with van der Waals surface area (Å²) in [5, 5.41) is 1.70. The van der Waals surface area contributed by atoms with Gasteiger partial charge in [0.2, 0.25) is 5.89 Å². The number of halogens is 3. The normalized spacial score (nSPS) is 12.2. The fourth-order valence-electron chi connectivity index (χ4n) is 1.95. The Morgan fingerprint density at radius 3 is 2.76 bits per heavy atom. The third kappa shape index (κ3) is 2.58. The lowest BCUT2D eigenvalue weighted by Crippen LogP contribution is -2.15. The molecule has 1 aromatic carbocycles. The minimum Gasteiger partial charge on any atom is -0.439 e. The third-order valence-corrected chi connectivity index (χ3v) is 3.91. The van der Waals surface area contributed by atoms with Crippen molar-refractivity contribution in [1.29, 1.82) is 0 Å². The molecule has 0 bridgehead atoms. The molecule has 8 heteroatoms. The molecular formula is C13H9F3N2O2S. The van der Waals surface area contributed by atoms with Crippen LogP contribution in [-0.2, 0) is 12.7 Å². The van der Waals surface area contributed by atoms with Crippen LogP contribution >= 0.6 is 11.3 Å². The van der Waals surface area contributed by atoms with E-state index in [4.69, 9.17) is 4.42 Å². The number of hydrogen-bond acceptors (Lipinski definition) is 4. The molecule has 0 saturated heterocycles. The van der Waals surface area contributed by atoms with Gasteiger partial charge in [-0.3, -0.25) is 9.36 Å². The first-order valence-corrected chi connectivity index (χ1v) is 6.84. The molecule has 3 rings (SSSR count). The second-order valence-electron chi connectivity index (χ2n) is 4.52. The summed E-state index contributed by atoms with van der Waals surface area (Å²) in [6, 6.07) is 3.11. The molecule has 0 aliphatic rings. The monoisotopic (exact) mass is 314 g/mol. The molecule has 110 valence electrons. The molecule has 0 spiro atoms. The zero-order valence-corrected chi connectivity index (χ0v) is 11.6. The van der Waals surface area contributed by atoms with E-state index in [0.29, 0.717) is 0 Å². The first-order chi connectivity index (χ1) is 9.84. The van der Waals surface area contributed by atoms with Crippen molar-refractivity contribution in [3.05, 3.63) is 50.4 Å². The van der Waals surface area contributed by atoms with Crippen molar-refractivity contribution in [2.24, 2.45) is 0 Å². The number of fused-ring (bicyclic) bond motifs is 1. The van der Waals surface area contributed by atoms with Crippen molar-refractivity contribution in [1.82, 2.24) is 9.55 Å². The van der Waals surface area contributed by atoms with Crippen LogP contribution in [0.1, 0.15) is 17.1 Å². The van der Waals surface area contributed by atoms with Crippen molar-refractivity contribution in [3.63, 3.8) is 0 Å². The topological polar surface area (TPSA) is 48.0 Å². The lowest BCUT2D eigenvalue weighted by molar-refractivity contribution is -0.137. The Bertz CT molecular complexity index is 860. The van der Waals surface area contributed by atoms with Gasteiger partial charge in [-0.15, -0.1) is 0 Å². The van der Waals surface area contributed by atoms with Crippen LogP contribution in [0.4, 0.5) is 13.2 Å². The van der Waals surface area contributed by atoms with E-state index in [1.165, 1.54) is 10.6 Å². The van der Waals surface area contributed by atoms with Crippen LogP contribution in [0.2, 0.25) is 0 Å². The molecule has 2 aromatic heterocycles. The van der Waals surface area contributed by atoms with E-state index in [9.17, 15) is 18.0 Å². The molecule has 0 aliphatic heterocycles. The van der Waals surface area contributed by atoms with Crippen molar-refractivity contribution < 1.29 is 17.6 Å². The van der Waals surface area contributed by atoms with Gasteiger partial charge in [0.25, 0.3) is 0 Å². The highest BCUT2D eigenvalue weighted by molar-refractivity contribution is 7.07. The van der Waals surface area contributed by atoms with Gasteiger partial charge in [-0.1, -0.05) is 11.3 Å². The average molecular weight is 314 g/mol.